The number of nitrogens with one attached hydrogen (secondary N) is 2. The zero-order chi connectivity index (χ0) is 9.90. The quantitative estimate of drug-likeness (QED) is 0.684. The minimum atomic E-state index is -0.357. The molecule has 0 spiro atoms. The topological polar surface area (TPSA) is 57.8 Å². The smallest absolute Gasteiger partial charge is 0.346 e. The van der Waals surface area contributed by atoms with E-state index in [2.05, 4.69) is 21.9 Å². The van der Waals surface area contributed by atoms with Gasteiger partial charge in [0, 0.05) is 6.20 Å². The highest BCUT2D eigenvalue weighted by atomic mass is 16.1. The average molecular weight is 179 g/mol. The van der Waals surface area contributed by atoms with E-state index in [0.29, 0.717) is 5.82 Å². The molecule has 0 unspecified atom stereocenters. The molecule has 1 rings (SSSR count). The van der Waals surface area contributed by atoms with E-state index < -0.39 is 0 Å². The van der Waals surface area contributed by atoms with E-state index in [0.717, 1.165) is 0 Å². The minimum absolute atomic E-state index is 0.246. The summed E-state index contributed by atoms with van der Waals surface area (Å²) in [6.45, 7) is 7.59. The van der Waals surface area contributed by atoms with Crippen LogP contribution in [0.4, 0.5) is 5.82 Å². The fraction of sp³-hybridized carbons (Fsp3) is 0.333. The average Bonchev–Trinajstić information content (AvgIpc) is 2.03. The first kappa shape index (κ1) is 9.51. The fourth-order valence-electron chi connectivity index (χ4n) is 0.840. The minimum Gasteiger partial charge on any atom is -0.363 e. The summed E-state index contributed by atoms with van der Waals surface area (Å²) in [5.41, 5.74) is -0.602. The van der Waals surface area contributed by atoms with E-state index >= 15 is 0 Å². The molecule has 4 nitrogen and oxygen atoms in total. The van der Waals surface area contributed by atoms with Crippen molar-refractivity contribution in [3.8, 4) is 0 Å². The molecular formula is C9H13N3O. The molecule has 0 saturated carbocycles. The SMILES string of the molecule is C=CC(C)(C)Nc1ccnc(=O)[nH]1. The van der Waals surface area contributed by atoms with Crippen LogP contribution in [0, 0.1) is 0 Å². The molecule has 0 aromatic carbocycles. The van der Waals surface area contributed by atoms with E-state index in [1.54, 1.807) is 12.1 Å². The zero-order valence-electron chi connectivity index (χ0n) is 7.79. The number of anilines is 1. The van der Waals surface area contributed by atoms with E-state index in [9.17, 15) is 4.79 Å². The van der Waals surface area contributed by atoms with Crippen LogP contribution < -0.4 is 11.0 Å². The monoisotopic (exact) mass is 179 g/mol. The van der Waals surface area contributed by atoms with Crippen molar-refractivity contribution in [2.75, 3.05) is 5.32 Å². The van der Waals surface area contributed by atoms with Gasteiger partial charge in [-0.15, -0.1) is 6.58 Å². The summed E-state index contributed by atoms with van der Waals surface area (Å²) < 4.78 is 0. The van der Waals surface area contributed by atoms with Gasteiger partial charge in [0.1, 0.15) is 5.82 Å². The second kappa shape index (κ2) is 3.43. The number of aromatic amines is 1. The van der Waals surface area contributed by atoms with Gasteiger partial charge in [-0.3, -0.25) is 4.98 Å². The van der Waals surface area contributed by atoms with Crippen LogP contribution in [-0.4, -0.2) is 15.5 Å². The molecule has 13 heavy (non-hydrogen) atoms. The summed E-state index contributed by atoms with van der Waals surface area (Å²) in [5, 5.41) is 3.10. The van der Waals surface area contributed by atoms with Gasteiger partial charge in [0.2, 0.25) is 0 Å². The molecule has 70 valence electrons. The summed E-state index contributed by atoms with van der Waals surface area (Å²) in [6.07, 6.45) is 3.23. The number of hydrogen-bond acceptors (Lipinski definition) is 3. The lowest BCUT2D eigenvalue weighted by molar-refractivity contribution is 0.708. The summed E-state index contributed by atoms with van der Waals surface area (Å²) in [5.74, 6) is 0.643. The third-order valence-corrected chi connectivity index (χ3v) is 1.64. The Morgan fingerprint density at radius 1 is 1.69 bits per heavy atom. The first-order chi connectivity index (χ1) is 6.03. The second-order valence-corrected chi connectivity index (χ2v) is 3.34. The van der Waals surface area contributed by atoms with Gasteiger partial charge in [-0.25, -0.2) is 9.78 Å². The lowest BCUT2D eigenvalue weighted by Crippen LogP contribution is -2.29. The Morgan fingerprint density at radius 3 is 2.92 bits per heavy atom. The van der Waals surface area contributed by atoms with Crippen LogP contribution in [0.3, 0.4) is 0 Å². The van der Waals surface area contributed by atoms with Gasteiger partial charge in [0.15, 0.2) is 0 Å². The first-order valence-electron chi connectivity index (χ1n) is 4.00. The standard InChI is InChI=1S/C9H13N3O/c1-4-9(2,3)12-7-5-6-10-8(13)11-7/h4-6H,1H2,2-3H3,(H2,10,11,12,13). The van der Waals surface area contributed by atoms with Crippen molar-refractivity contribution in [3.63, 3.8) is 0 Å². The zero-order valence-corrected chi connectivity index (χ0v) is 7.79. The summed E-state index contributed by atoms with van der Waals surface area (Å²) >= 11 is 0. The molecule has 0 aliphatic rings. The molecule has 2 N–H and O–H groups in total. The molecule has 0 radical (unpaired) electrons. The normalized spacial score (nSPS) is 10.9. The van der Waals surface area contributed by atoms with Gasteiger partial charge in [0.05, 0.1) is 5.54 Å². The first-order valence-corrected chi connectivity index (χ1v) is 4.00. The second-order valence-electron chi connectivity index (χ2n) is 3.34. The predicted molar refractivity (Wildman–Crippen MR) is 52.8 cm³/mol. The summed E-state index contributed by atoms with van der Waals surface area (Å²) in [4.78, 5) is 16.9. The lowest BCUT2D eigenvalue weighted by atomic mass is 10.1. The fourth-order valence-corrected chi connectivity index (χ4v) is 0.840. The van der Waals surface area contributed by atoms with Crippen LogP contribution in [0.15, 0.2) is 29.7 Å². The Hall–Kier alpha value is -1.58. The molecule has 0 bridgehead atoms. The van der Waals surface area contributed by atoms with Gasteiger partial charge in [-0.1, -0.05) is 6.08 Å². The van der Waals surface area contributed by atoms with Gasteiger partial charge in [-0.2, -0.15) is 0 Å². The lowest BCUT2D eigenvalue weighted by Gasteiger charge is -2.22. The summed E-state index contributed by atoms with van der Waals surface area (Å²) in [7, 11) is 0. The molecular weight excluding hydrogens is 166 g/mol. The van der Waals surface area contributed by atoms with Crippen LogP contribution in [0.2, 0.25) is 0 Å². The Morgan fingerprint density at radius 2 is 2.38 bits per heavy atom. The largest absolute Gasteiger partial charge is 0.363 e. The molecule has 4 heteroatoms. The number of rotatable bonds is 3. The number of nitrogens with zero attached hydrogens (tertiary/aromatic N) is 1. The van der Waals surface area contributed by atoms with Gasteiger partial charge >= 0.3 is 5.69 Å². The molecule has 0 aliphatic carbocycles. The van der Waals surface area contributed by atoms with Crippen molar-refractivity contribution in [2.45, 2.75) is 19.4 Å². The molecule has 0 atom stereocenters. The van der Waals surface area contributed by atoms with Gasteiger partial charge < -0.3 is 5.32 Å². The maximum atomic E-state index is 10.8. The highest BCUT2D eigenvalue weighted by molar-refractivity contribution is 5.36. The van der Waals surface area contributed by atoms with Crippen molar-refractivity contribution < 1.29 is 0 Å². The van der Waals surface area contributed by atoms with Gasteiger partial charge in [-0.05, 0) is 19.9 Å². The van der Waals surface area contributed by atoms with Crippen molar-refractivity contribution in [2.24, 2.45) is 0 Å². The van der Waals surface area contributed by atoms with Crippen molar-refractivity contribution in [1.29, 1.82) is 0 Å². The molecule has 1 aromatic heterocycles. The van der Waals surface area contributed by atoms with Crippen molar-refractivity contribution in [3.05, 3.63) is 35.4 Å². The van der Waals surface area contributed by atoms with Crippen LogP contribution in [0.1, 0.15) is 13.8 Å². The maximum absolute atomic E-state index is 10.8. The molecule has 1 aromatic rings. The third-order valence-electron chi connectivity index (χ3n) is 1.64. The Kier molecular flexibility index (Phi) is 2.51. The van der Waals surface area contributed by atoms with Crippen molar-refractivity contribution >= 4 is 5.82 Å². The highest BCUT2D eigenvalue weighted by Gasteiger charge is 2.11. The van der Waals surface area contributed by atoms with Crippen molar-refractivity contribution in [1.82, 2.24) is 9.97 Å². The molecule has 0 fully saturated rings. The predicted octanol–water partition coefficient (Wildman–Crippen LogP) is 1.15. The highest BCUT2D eigenvalue weighted by Crippen LogP contribution is 2.10. The molecule has 0 amide bonds. The van der Waals surface area contributed by atoms with Gasteiger partial charge in [0.25, 0.3) is 0 Å². The molecule has 1 heterocycles. The number of H-pyrrole nitrogens is 1. The Bertz CT molecular complexity index is 354. The van der Waals surface area contributed by atoms with Crippen LogP contribution in [0.5, 0.6) is 0 Å². The summed E-state index contributed by atoms with van der Waals surface area (Å²) in [6, 6.07) is 1.70. The number of hydrogen-bond donors (Lipinski definition) is 2. The van der Waals surface area contributed by atoms with Crippen LogP contribution in [-0.2, 0) is 0 Å². The van der Waals surface area contributed by atoms with E-state index in [1.165, 1.54) is 6.20 Å². The van der Waals surface area contributed by atoms with E-state index in [4.69, 9.17) is 0 Å². The molecule has 0 aliphatic heterocycles. The Balaban J connectivity index is 2.86. The van der Waals surface area contributed by atoms with E-state index in [-0.39, 0.29) is 11.2 Å². The third kappa shape index (κ3) is 2.74. The maximum Gasteiger partial charge on any atom is 0.346 e. The van der Waals surface area contributed by atoms with Crippen LogP contribution in [0.25, 0.3) is 0 Å². The molecule has 0 saturated heterocycles. The van der Waals surface area contributed by atoms with E-state index in [1.807, 2.05) is 13.8 Å². The number of aromatic nitrogens is 2. The Labute approximate surface area is 76.7 Å². The van der Waals surface area contributed by atoms with Crippen LogP contribution >= 0.6 is 0 Å².